The highest BCUT2D eigenvalue weighted by Crippen LogP contribution is 2.24. The molecule has 0 unspecified atom stereocenters. The fourth-order valence-corrected chi connectivity index (χ4v) is 2.48. The molecule has 104 valence electrons. The zero-order valence-electron chi connectivity index (χ0n) is 11.7. The summed E-state index contributed by atoms with van der Waals surface area (Å²) in [6.45, 7) is 4.67. The first-order valence-electron chi connectivity index (χ1n) is 7.09. The summed E-state index contributed by atoms with van der Waals surface area (Å²) in [6, 6.07) is 3.82. The van der Waals surface area contributed by atoms with Crippen molar-refractivity contribution in [2.75, 3.05) is 6.61 Å². The van der Waals surface area contributed by atoms with Crippen LogP contribution in [0.15, 0.2) is 18.3 Å². The van der Waals surface area contributed by atoms with Gasteiger partial charge in [-0.3, -0.25) is 4.79 Å². The number of carbonyl (C=O) groups excluding carboxylic acids is 1. The second kappa shape index (κ2) is 6.55. The van der Waals surface area contributed by atoms with Crippen molar-refractivity contribution in [3.63, 3.8) is 0 Å². The molecule has 1 saturated carbocycles. The molecule has 1 aromatic heterocycles. The minimum absolute atomic E-state index is 0.0731. The molecule has 0 bridgehead atoms. The van der Waals surface area contributed by atoms with Gasteiger partial charge in [0, 0.05) is 12.2 Å². The van der Waals surface area contributed by atoms with Crippen LogP contribution in [0.3, 0.4) is 0 Å². The molecule has 1 N–H and O–H groups in total. The third kappa shape index (κ3) is 3.69. The van der Waals surface area contributed by atoms with E-state index in [-0.39, 0.29) is 5.91 Å². The largest absolute Gasteiger partial charge is 0.477 e. The van der Waals surface area contributed by atoms with Crippen molar-refractivity contribution in [1.82, 2.24) is 10.3 Å². The predicted molar refractivity (Wildman–Crippen MR) is 74.3 cm³/mol. The van der Waals surface area contributed by atoms with Crippen molar-refractivity contribution in [3.05, 3.63) is 23.9 Å². The molecule has 1 fully saturated rings. The summed E-state index contributed by atoms with van der Waals surface area (Å²) in [5.74, 6) is 1.13. The van der Waals surface area contributed by atoms with Crippen molar-refractivity contribution in [1.29, 1.82) is 0 Å². The predicted octanol–water partition coefficient (Wildman–Crippen LogP) is 2.79. The molecule has 0 aliphatic heterocycles. The fourth-order valence-electron chi connectivity index (χ4n) is 2.48. The third-order valence-corrected chi connectivity index (χ3v) is 3.65. The van der Waals surface area contributed by atoms with Gasteiger partial charge in [-0.15, -0.1) is 0 Å². The van der Waals surface area contributed by atoms with Gasteiger partial charge in [0.15, 0.2) is 0 Å². The maximum absolute atomic E-state index is 12.3. The Labute approximate surface area is 114 Å². The van der Waals surface area contributed by atoms with Crippen LogP contribution in [0, 0.1) is 5.92 Å². The van der Waals surface area contributed by atoms with E-state index in [1.165, 1.54) is 12.8 Å². The zero-order valence-corrected chi connectivity index (χ0v) is 11.7. The highest BCUT2D eigenvalue weighted by Gasteiger charge is 2.21. The van der Waals surface area contributed by atoms with Crippen LogP contribution < -0.4 is 10.1 Å². The van der Waals surface area contributed by atoms with Crippen molar-refractivity contribution < 1.29 is 9.53 Å². The number of ether oxygens (including phenoxy) is 1. The van der Waals surface area contributed by atoms with E-state index in [2.05, 4.69) is 17.2 Å². The number of rotatable bonds is 4. The van der Waals surface area contributed by atoms with Crippen LogP contribution in [0.2, 0.25) is 0 Å². The zero-order chi connectivity index (χ0) is 13.7. The highest BCUT2D eigenvalue weighted by atomic mass is 16.5. The number of hydrogen-bond donors (Lipinski definition) is 1. The molecule has 0 saturated heterocycles. The number of hydrogen-bond acceptors (Lipinski definition) is 3. The summed E-state index contributed by atoms with van der Waals surface area (Å²) >= 11 is 0. The average Bonchev–Trinajstić information content (AvgIpc) is 2.42. The van der Waals surface area contributed by atoms with Crippen LogP contribution in [0.5, 0.6) is 5.88 Å². The van der Waals surface area contributed by atoms with E-state index in [1.807, 2.05) is 6.92 Å². The molecular formula is C15H22N2O2. The van der Waals surface area contributed by atoms with E-state index in [4.69, 9.17) is 4.74 Å². The lowest BCUT2D eigenvalue weighted by molar-refractivity contribution is 0.0918. The van der Waals surface area contributed by atoms with Gasteiger partial charge in [0.1, 0.15) is 5.56 Å². The highest BCUT2D eigenvalue weighted by molar-refractivity contribution is 5.96. The molecule has 0 spiro atoms. The lowest BCUT2D eigenvalue weighted by Crippen LogP contribution is -2.37. The molecule has 4 heteroatoms. The van der Waals surface area contributed by atoms with Gasteiger partial charge in [-0.25, -0.2) is 4.98 Å². The van der Waals surface area contributed by atoms with Gasteiger partial charge in [0.05, 0.1) is 6.61 Å². The number of amides is 1. The smallest absolute Gasteiger partial charge is 0.256 e. The Morgan fingerprint density at radius 2 is 2.16 bits per heavy atom. The molecule has 1 amide bonds. The van der Waals surface area contributed by atoms with Gasteiger partial charge in [0.25, 0.3) is 5.91 Å². The Morgan fingerprint density at radius 3 is 2.84 bits per heavy atom. The van der Waals surface area contributed by atoms with Crippen LogP contribution in [0.1, 0.15) is 49.9 Å². The molecule has 1 aromatic rings. The van der Waals surface area contributed by atoms with Gasteiger partial charge in [-0.1, -0.05) is 6.92 Å². The minimum atomic E-state index is -0.0731. The molecule has 1 heterocycles. The van der Waals surface area contributed by atoms with Gasteiger partial charge in [-0.2, -0.15) is 0 Å². The number of aromatic nitrogens is 1. The molecule has 1 aliphatic carbocycles. The van der Waals surface area contributed by atoms with Gasteiger partial charge in [0.2, 0.25) is 5.88 Å². The third-order valence-electron chi connectivity index (χ3n) is 3.65. The first-order chi connectivity index (χ1) is 9.20. The quantitative estimate of drug-likeness (QED) is 0.907. The Balaban J connectivity index is 1.99. The Bertz CT molecular complexity index is 426. The van der Waals surface area contributed by atoms with Crippen LogP contribution in [0.25, 0.3) is 0 Å². The van der Waals surface area contributed by atoms with Gasteiger partial charge >= 0.3 is 0 Å². The minimum Gasteiger partial charge on any atom is -0.477 e. The van der Waals surface area contributed by atoms with E-state index >= 15 is 0 Å². The number of pyridine rings is 1. The Hall–Kier alpha value is -1.58. The molecular weight excluding hydrogens is 240 g/mol. The summed E-state index contributed by atoms with van der Waals surface area (Å²) in [5, 5.41) is 3.10. The second-order valence-corrected chi connectivity index (χ2v) is 5.22. The standard InChI is InChI=1S/C15H22N2O2/c1-3-19-15-13(5-4-10-16-15)14(18)17-12-8-6-11(2)7-9-12/h4-5,10-12H,3,6-9H2,1-2H3,(H,17,18). The molecule has 1 aliphatic rings. The SMILES string of the molecule is CCOc1ncccc1C(=O)NC1CCC(C)CC1. The van der Waals surface area contributed by atoms with E-state index in [0.29, 0.717) is 24.1 Å². The normalized spacial score (nSPS) is 22.8. The van der Waals surface area contributed by atoms with Crippen LogP contribution in [-0.4, -0.2) is 23.5 Å². The molecule has 0 atom stereocenters. The average molecular weight is 262 g/mol. The molecule has 0 aromatic carbocycles. The maximum Gasteiger partial charge on any atom is 0.256 e. The number of nitrogens with one attached hydrogen (secondary N) is 1. The van der Waals surface area contributed by atoms with E-state index in [1.54, 1.807) is 18.3 Å². The lowest BCUT2D eigenvalue weighted by Gasteiger charge is -2.27. The molecule has 0 radical (unpaired) electrons. The van der Waals surface area contributed by atoms with Crippen molar-refractivity contribution in [2.24, 2.45) is 5.92 Å². The molecule has 4 nitrogen and oxygen atoms in total. The molecule has 19 heavy (non-hydrogen) atoms. The van der Waals surface area contributed by atoms with Crippen molar-refractivity contribution in [3.8, 4) is 5.88 Å². The topological polar surface area (TPSA) is 51.2 Å². The van der Waals surface area contributed by atoms with Crippen LogP contribution in [-0.2, 0) is 0 Å². The van der Waals surface area contributed by atoms with Gasteiger partial charge in [-0.05, 0) is 50.7 Å². The Morgan fingerprint density at radius 1 is 1.42 bits per heavy atom. The summed E-state index contributed by atoms with van der Waals surface area (Å²) in [4.78, 5) is 16.4. The fraction of sp³-hybridized carbons (Fsp3) is 0.600. The summed E-state index contributed by atoms with van der Waals surface area (Å²) in [7, 11) is 0. The van der Waals surface area contributed by atoms with Crippen molar-refractivity contribution >= 4 is 5.91 Å². The first kappa shape index (κ1) is 13.8. The first-order valence-corrected chi connectivity index (χ1v) is 7.09. The number of nitrogens with zero attached hydrogens (tertiary/aromatic N) is 1. The van der Waals surface area contributed by atoms with Crippen LogP contribution in [0.4, 0.5) is 0 Å². The maximum atomic E-state index is 12.3. The van der Waals surface area contributed by atoms with Crippen LogP contribution >= 0.6 is 0 Å². The summed E-state index contributed by atoms with van der Waals surface area (Å²) in [5.41, 5.74) is 0.531. The number of carbonyl (C=O) groups is 1. The summed E-state index contributed by atoms with van der Waals surface area (Å²) < 4.78 is 5.39. The van der Waals surface area contributed by atoms with E-state index in [0.717, 1.165) is 18.8 Å². The van der Waals surface area contributed by atoms with Gasteiger partial charge < -0.3 is 10.1 Å². The van der Waals surface area contributed by atoms with E-state index < -0.39 is 0 Å². The van der Waals surface area contributed by atoms with E-state index in [9.17, 15) is 4.79 Å². The Kier molecular flexibility index (Phi) is 4.77. The monoisotopic (exact) mass is 262 g/mol. The summed E-state index contributed by atoms with van der Waals surface area (Å²) in [6.07, 6.45) is 6.16. The second-order valence-electron chi connectivity index (χ2n) is 5.22. The molecule has 2 rings (SSSR count). The van der Waals surface area contributed by atoms with Crippen molar-refractivity contribution in [2.45, 2.75) is 45.6 Å². The lowest BCUT2D eigenvalue weighted by atomic mass is 9.87.